The quantitative estimate of drug-likeness (QED) is 0.151. The Balaban J connectivity index is 1.34. The molecule has 6 rings (SSSR count). The Labute approximate surface area is 260 Å². The molecule has 2 aromatic carbocycles. The standard InChI is InChI=1S/C31H30F4N8O3/c32-21-11-25(46-17-45-19-5-2-1-3-6-19)22(33)10-20(21)23-9-18(13-43-16-41-26-29(36)39-15-40-30(26)43)24(12-38-23)42-8-4-7-31(37,14-42)27(44)28(34)35/h1-3,5-6,9-12,15-16,27-28,44H,4,7-8,13-14,17,37H2,(H2,36,39,40)/t27-,31-/m1/s1. The normalized spacial score (nSPS) is 17.4. The molecular weight excluding hydrogens is 608 g/mol. The number of nitrogen functional groups attached to an aromatic ring is 1. The number of piperidine rings is 1. The van der Waals surface area contributed by atoms with Crippen LogP contribution < -0.4 is 25.8 Å². The highest BCUT2D eigenvalue weighted by molar-refractivity contribution is 5.81. The number of fused-ring (bicyclic) bond motifs is 1. The Hall–Kier alpha value is -5.02. The number of rotatable bonds is 10. The van der Waals surface area contributed by atoms with Crippen molar-refractivity contribution in [3.63, 3.8) is 0 Å². The third kappa shape index (κ3) is 6.23. The van der Waals surface area contributed by atoms with Crippen molar-refractivity contribution in [2.75, 3.05) is 30.5 Å². The number of nitrogens with zero attached hydrogens (tertiary/aromatic N) is 6. The number of halogens is 4. The van der Waals surface area contributed by atoms with Gasteiger partial charge in [0.15, 0.2) is 23.0 Å². The lowest BCUT2D eigenvalue weighted by molar-refractivity contribution is -0.0529. The molecule has 0 aliphatic carbocycles. The summed E-state index contributed by atoms with van der Waals surface area (Å²) in [7, 11) is 0. The average Bonchev–Trinajstić information content (AvgIpc) is 3.46. The first-order chi connectivity index (χ1) is 22.1. The van der Waals surface area contributed by atoms with Crippen LogP contribution in [0.4, 0.5) is 29.1 Å². The number of aliphatic hydroxyl groups excluding tert-OH is 1. The first kappa shape index (κ1) is 31.0. The molecule has 4 heterocycles. The molecule has 46 heavy (non-hydrogen) atoms. The Kier molecular flexibility index (Phi) is 8.60. The number of alkyl halides is 2. The van der Waals surface area contributed by atoms with Gasteiger partial charge >= 0.3 is 0 Å². The van der Waals surface area contributed by atoms with Gasteiger partial charge in [-0.05, 0) is 42.7 Å². The molecule has 11 nitrogen and oxygen atoms in total. The number of ether oxygens (including phenoxy) is 2. The Morgan fingerprint density at radius 1 is 1.00 bits per heavy atom. The van der Waals surface area contributed by atoms with Crippen LogP contribution in [0.1, 0.15) is 18.4 Å². The maximum absolute atomic E-state index is 15.4. The summed E-state index contributed by atoms with van der Waals surface area (Å²) in [6.45, 7) is 0.114. The number of aliphatic hydroxyl groups is 1. The highest BCUT2D eigenvalue weighted by atomic mass is 19.3. The summed E-state index contributed by atoms with van der Waals surface area (Å²) in [4.78, 5) is 18.7. The zero-order chi connectivity index (χ0) is 32.4. The van der Waals surface area contributed by atoms with Gasteiger partial charge in [0.05, 0.1) is 36.0 Å². The molecule has 15 heteroatoms. The fourth-order valence-electron chi connectivity index (χ4n) is 5.57. The summed E-state index contributed by atoms with van der Waals surface area (Å²) in [6, 6.07) is 12.2. The van der Waals surface area contributed by atoms with Gasteiger partial charge in [0.2, 0.25) is 6.79 Å². The molecule has 0 radical (unpaired) electrons. The van der Waals surface area contributed by atoms with Crippen molar-refractivity contribution < 1.29 is 32.1 Å². The lowest BCUT2D eigenvalue weighted by Gasteiger charge is -2.44. The van der Waals surface area contributed by atoms with Crippen LogP contribution in [-0.2, 0) is 6.54 Å². The smallest absolute Gasteiger partial charge is 0.265 e. The van der Waals surface area contributed by atoms with Gasteiger partial charge < -0.3 is 35.5 Å². The number of nitrogens with two attached hydrogens (primary N) is 2. The zero-order valence-electron chi connectivity index (χ0n) is 24.4. The van der Waals surface area contributed by atoms with Gasteiger partial charge in [-0.25, -0.2) is 32.5 Å². The van der Waals surface area contributed by atoms with Gasteiger partial charge in [0.1, 0.15) is 29.5 Å². The molecule has 0 amide bonds. The number of benzene rings is 2. The van der Waals surface area contributed by atoms with Crippen LogP contribution in [0, 0.1) is 11.6 Å². The lowest BCUT2D eigenvalue weighted by atomic mass is 9.84. The number of para-hydroxylation sites is 1. The summed E-state index contributed by atoms with van der Waals surface area (Å²) in [5.41, 5.74) is 12.5. The van der Waals surface area contributed by atoms with Gasteiger partial charge in [-0.1, -0.05) is 18.2 Å². The van der Waals surface area contributed by atoms with E-state index in [1.807, 2.05) is 6.07 Å². The minimum Gasteiger partial charge on any atom is -0.457 e. The SMILES string of the molecule is Nc1ncnc2c1ncn2Cc1cc(-c2cc(F)c(OCOc3ccccc3)cc2F)ncc1N1CCC[C@](N)([C@H](O)C(F)F)C1. The molecule has 5 aromatic rings. The second-order valence-corrected chi connectivity index (χ2v) is 11.0. The average molecular weight is 639 g/mol. The van der Waals surface area contributed by atoms with Gasteiger partial charge in [-0.2, -0.15) is 0 Å². The molecule has 5 N–H and O–H groups in total. The molecule has 240 valence electrons. The predicted octanol–water partition coefficient (Wildman–Crippen LogP) is 4.14. The summed E-state index contributed by atoms with van der Waals surface area (Å²) < 4.78 is 70.0. The van der Waals surface area contributed by atoms with Crippen LogP contribution in [-0.4, -0.2) is 67.6 Å². The van der Waals surface area contributed by atoms with Gasteiger partial charge in [-0.15, -0.1) is 0 Å². The van der Waals surface area contributed by atoms with Crippen molar-refractivity contribution in [1.82, 2.24) is 24.5 Å². The molecular formula is C31H30F4N8O3. The largest absolute Gasteiger partial charge is 0.457 e. The topological polar surface area (TPSA) is 150 Å². The summed E-state index contributed by atoms with van der Waals surface area (Å²) in [6.07, 6.45) is -0.208. The van der Waals surface area contributed by atoms with Gasteiger partial charge in [-0.3, -0.25) is 4.98 Å². The highest BCUT2D eigenvalue weighted by Crippen LogP contribution is 2.35. The molecule has 1 saturated heterocycles. The zero-order valence-corrected chi connectivity index (χ0v) is 24.4. The van der Waals surface area contributed by atoms with E-state index >= 15 is 8.78 Å². The Bertz CT molecular complexity index is 1840. The first-order valence-corrected chi connectivity index (χ1v) is 14.3. The lowest BCUT2D eigenvalue weighted by Crippen LogP contribution is -2.63. The van der Waals surface area contributed by atoms with Crippen LogP contribution in [0.25, 0.3) is 22.4 Å². The number of anilines is 2. The Morgan fingerprint density at radius 2 is 1.80 bits per heavy atom. The maximum Gasteiger partial charge on any atom is 0.265 e. The third-order valence-corrected chi connectivity index (χ3v) is 7.94. The van der Waals surface area contributed by atoms with Crippen molar-refractivity contribution in [3.05, 3.63) is 84.6 Å². The number of aromatic nitrogens is 5. The van der Waals surface area contributed by atoms with Crippen molar-refractivity contribution in [2.45, 2.75) is 37.5 Å². The van der Waals surface area contributed by atoms with E-state index in [1.165, 1.54) is 18.9 Å². The molecule has 3 aromatic heterocycles. The maximum atomic E-state index is 15.4. The summed E-state index contributed by atoms with van der Waals surface area (Å²) >= 11 is 0. The molecule has 0 spiro atoms. The molecule has 2 atom stereocenters. The van der Waals surface area contributed by atoms with Crippen LogP contribution in [0.3, 0.4) is 0 Å². The van der Waals surface area contributed by atoms with Crippen molar-refractivity contribution in [1.29, 1.82) is 0 Å². The molecule has 0 bridgehead atoms. The second kappa shape index (κ2) is 12.8. The minimum absolute atomic E-state index is 0.0909. The van der Waals surface area contributed by atoms with E-state index in [9.17, 15) is 13.9 Å². The van der Waals surface area contributed by atoms with E-state index in [4.69, 9.17) is 20.9 Å². The third-order valence-electron chi connectivity index (χ3n) is 7.94. The number of hydrogen-bond donors (Lipinski definition) is 3. The number of hydrogen-bond acceptors (Lipinski definition) is 10. The van der Waals surface area contributed by atoms with Gasteiger partial charge in [0, 0.05) is 24.7 Å². The highest BCUT2D eigenvalue weighted by Gasteiger charge is 2.43. The van der Waals surface area contributed by atoms with Crippen molar-refractivity contribution >= 4 is 22.7 Å². The first-order valence-electron chi connectivity index (χ1n) is 14.3. The summed E-state index contributed by atoms with van der Waals surface area (Å²) in [5, 5.41) is 10.2. The molecule has 0 saturated carbocycles. The van der Waals surface area contributed by atoms with Crippen LogP contribution in [0.15, 0.2) is 67.4 Å². The van der Waals surface area contributed by atoms with Crippen LogP contribution in [0.5, 0.6) is 11.5 Å². The van der Waals surface area contributed by atoms with E-state index in [1.54, 1.807) is 39.8 Å². The fourth-order valence-corrected chi connectivity index (χ4v) is 5.57. The number of imidazole rings is 1. The van der Waals surface area contributed by atoms with E-state index in [-0.39, 0.29) is 49.1 Å². The van der Waals surface area contributed by atoms with Crippen molar-refractivity contribution in [3.8, 4) is 22.8 Å². The Morgan fingerprint density at radius 3 is 2.59 bits per heavy atom. The minimum atomic E-state index is -3.03. The molecule has 1 fully saturated rings. The van der Waals surface area contributed by atoms with Crippen molar-refractivity contribution in [2.24, 2.45) is 5.73 Å². The van der Waals surface area contributed by atoms with Crippen LogP contribution >= 0.6 is 0 Å². The van der Waals surface area contributed by atoms with E-state index in [0.717, 1.165) is 12.1 Å². The van der Waals surface area contributed by atoms with E-state index in [2.05, 4.69) is 19.9 Å². The van der Waals surface area contributed by atoms with Crippen LogP contribution in [0.2, 0.25) is 0 Å². The predicted molar refractivity (Wildman–Crippen MR) is 161 cm³/mol. The summed E-state index contributed by atoms with van der Waals surface area (Å²) in [5.74, 6) is -1.30. The molecule has 1 aliphatic heterocycles. The number of pyridine rings is 1. The van der Waals surface area contributed by atoms with E-state index in [0.29, 0.717) is 41.1 Å². The molecule has 0 unspecified atom stereocenters. The van der Waals surface area contributed by atoms with Gasteiger partial charge in [0.25, 0.3) is 6.43 Å². The van der Waals surface area contributed by atoms with E-state index < -0.39 is 29.7 Å². The monoisotopic (exact) mass is 638 g/mol. The second-order valence-electron chi connectivity index (χ2n) is 11.0. The fraction of sp³-hybridized carbons (Fsp3) is 0.290. The molecule has 1 aliphatic rings.